The zero-order chi connectivity index (χ0) is 20.0. The monoisotopic (exact) mass is 397 g/mol. The van der Waals surface area contributed by atoms with E-state index in [4.69, 9.17) is 5.14 Å². The Bertz CT molecular complexity index is 947. The van der Waals surface area contributed by atoms with Gasteiger partial charge >= 0.3 is 0 Å². The second kappa shape index (κ2) is 8.69. The summed E-state index contributed by atoms with van der Waals surface area (Å²) in [6, 6.07) is 8.73. The Morgan fingerprint density at radius 2 is 1.63 bits per heavy atom. The maximum Gasteiger partial charge on any atom is 0.238 e. The highest BCUT2D eigenvalue weighted by molar-refractivity contribution is 7.89. The molecule has 0 heterocycles. The number of hydrogen-bond donors (Lipinski definition) is 3. The van der Waals surface area contributed by atoms with Crippen molar-refractivity contribution in [3.05, 3.63) is 59.7 Å². The fourth-order valence-corrected chi connectivity index (χ4v) is 2.69. The Labute approximate surface area is 154 Å². The van der Waals surface area contributed by atoms with Gasteiger partial charge in [-0.15, -0.1) is 0 Å². The molecule has 2 amide bonds. The first-order valence-electron chi connectivity index (χ1n) is 7.78. The van der Waals surface area contributed by atoms with Crippen LogP contribution in [0.4, 0.5) is 14.5 Å². The van der Waals surface area contributed by atoms with E-state index in [1.54, 1.807) is 12.1 Å². The molecule has 0 spiro atoms. The smallest absolute Gasteiger partial charge is 0.238 e. The van der Waals surface area contributed by atoms with Crippen molar-refractivity contribution in [3.8, 4) is 0 Å². The third-order valence-electron chi connectivity index (χ3n) is 3.51. The lowest BCUT2D eigenvalue weighted by Gasteiger charge is -2.07. The maximum atomic E-state index is 13.1. The molecule has 0 fully saturated rings. The van der Waals surface area contributed by atoms with Crippen molar-refractivity contribution in [1.82, 2.24) is 5.32 Å². The van der Waals surface area contributed by atoms with Crippen LogP contribution >= 0.6 is 0 Å². The fraction of sp³-hybridized carbons (Fsp3) is 0.176. The number of carbonyl (C=O) groups excluding carboxylic acids is 2. The van der Waals surface area contributed by atoms with Crippen molar-refractivity contribution in [1.29, 1.82) is 0 Å². The van der Waals surface area contributed by atoms with E-state index in [9.17, 15) is 26.8 Å². The summed E-state index contributed by atoms with van der Waals surface area (Å²) in [6.07, 6.45) is -0.0647. The second-order valence-corrected chi connectivity index (χ2v) is 7.20. The maximum absolute atomic E-state index is 13.1. The van der Waals surface area contributed by atoms with Gasteiger partial charge in [-0.2, -0.15) is 0 Å². The molecule has 0 radical (unpaired) electrons. The first kappa shape index (κ1) is 20.5. The van der Waals surface area contributed by atoms with E-state index in [1.807, 2.05) is 0 Å². The molecular weight excluding hydrogens is 380 g/mol. The molecule has 0 saturated carbocycles. The van der Waals surface area contributed by atoms with Crippen LogP contribution in [0, 0.1) is 11.6 Å². The van der Waals surface area contributed by atoms with Crippen molar-refractivity contribution in [2.75, 3.05) is 11.9 Å². The molecule has 0 saturated heterocycles. The van der Waals surface area contributed by atoms with Crippen LogP contribution in [0.5, 0.6) is 0 Å². The van der Waals surface area contributed by atoms with Gasteiger partial charge in [-0.3, -0.25) is 9.59 Å². The number of benzene rings is 2. The summed E-state index contributed by atoms with van der Waals surface area (Å²) in [4.78, 5) is 23.5. The van der Waals surface area contributed by atoms with E-state index in [0.717, 1.165) is 17.7 Å². The molecule has 0 aliphatic carbocycles. The van der Waals surface area contributed by atoms with Crippen LogP contribution in [0.1, 0.15) is 12.0 Å². The van der Waals surface area contributed by atoms with Gasteiger partial charge in [0.25, 0.3) is 0 Å². The van der Waals surface area contributed by atoms with Gasteiger partial charge in [-0.25, -0.2) is 22.3 Å². The third-order valence-corrected chi connectivity index (χ3v) is 4.44. The summed E-state index contributed by atoms with van der Waals surface area (Å²) in [5.41, 5.74) is 0.815. The predicted octanol–water partition coefficient (Wildman–Crippen LogP) is 1.30. The molecule has 0 atom stereocenters. The predicted molar refractivity (Wildman–Crippen MR) is 94.1 cm³/mol. The third kappa shape index (κ3) is 6.42. The minimum atomic E-state index is -3.76. The molecule has 0 unspecified atom stereocenters. The number of hydrogen-bond acceptors (Lipinski definition) is 4. The summed E-state index contributed by atoms with van der Waals surface area (Å²) in [5.74, 6) is -3.36. The first-order chi connectivity index (χ1) is 12.6. The second-order valence-electron chi connectivity index (χ2n) is 5.64. The van der Waals surface area contributed by atoms with E-state index >= 15 is 0 Å². The number of primary sulfonamides is 1. The summed E-state index contributed by atoms with van der Waals surface area (Å²) in [6.45, 7) is 0.228. The number of sulfonamides is 1. The van der Waals surface area contributed by atoms with E-state index in [1.165, 1.54) is 18.2 Å². The Hall–Kier alpha value is -2.85. The Kier molecular flexibility index (Phi) is 6.59. The van der Waals surface area contributed by atoms with E-state index in [0.29, 0.717) is 6.42 Å². The minimum absolute atomic E-state index is 0.0100. The lowest BCUT2D eigenvalue weighted by Crippen LogP contribution is -2.29. The lowest BCUT2D eigenvalue weighted by atomic mass is 10.1. The molecule has 0 aliphatic heterocycles. The number of rotatable bonds is 7. The highest BCUT2D eigenvalue weighted by Crippen LogP contribution is 2.13. The molecule has 2 rings (SSSR count). The molecule has 7 nitrogen and oxygen atoms in total. The van der Waals surface area contributed by atoms with Gasteiger partial charge in [0.05, 0.1) is 4.90 Å². The molecule has 27 heavy (non-hydrogen) atoms. The number of amides is 2. The van der Waals surface area contributed by atoms with Gasteiger partial charge in [0.1, 0.15) is 6.42 Å². The number of anilines is 1. The number of carbonyl (C=O) groups is 2. The van der Waals surface area contributed by atoms with Gasteiger partial charge in [0.15, 0.2) is 11.6 Å². The molecular formula is C17H17F2N3O4S. The number of halogens is 2. The molecule has 0 bridgehead atoms. The first-order valence-corrected chi connectivity index (χ1v) is 9.33. The van der Waals surface area contributed by atoms with Crippen LogP contribution < -0.4 is 15.8 Å². The van der Waals surface area contributed by atoms with E-state index in [2.05, 4.69) is 10.6 Å². The van der Waals surface area contributed by atoms with Crippen molar-refractivity contribution in [2.24, 2.45) is 5.14 Å². The zero-order valence-corrected chi connectivity index (χ0v) is 14.9. The van der Waals surface area contributed by atoms with Crippen molar-refractivity contribution < 1.29 is 26.8 Å². The van der Waals surface area contributed by atoms with E-state index in [-0.39, 0.29) is 17.1 Å². The number of nitrogens with two attached hydrogens (primary N) is 1. The summed E-state index contributed by atoms with van der Waals surface area (Å²) in [7, 11) is -3.76. The van der Waals surface area contributed by atoms with Crippen LogP contribution in [0.15, 0.2) is 47.4 Å². The summed E-state index contributed by atoms with van der Waals surface area (Å²) < 4.78 is 48.2. The van der Waals surface area contributed by atoms with Crippen molar-refractivity contribution in [3.63, 3.8) is 0 Å². The Balaban J connectivity index is 1.77. The van der Waals surface area contributed by atoms with Crippen molar-refractivity contribution >= 4 is 27.5 Å². The van der Waals surface area contributed by atoms with Crippen LogP contribution in [0.2, 0.25) is 0 Å². The minimum Gasteiger partial charge on any atom is -0.355 e. The lowest BCUT2D eigenvalue weighted by molar-refractivity contribution is -0.126. The standard InChI is InChI=1S/C17H17F2N3O4S/c18-14-6-3-12(9-15(14)19)22-17(24)10-16(23)21-8-7-11-1-4-13(5-2-11)27(20,25)26/h1-6,9H,7-8,10H2,(H,21,23)(H,22,24)(H2,20,25,26). The van der Waals surface area contributed by atoms with Gasteiger partial charge in [0, 0.05) is 18.3 Å². The molecule has 0 aliphatic rings. The summed E-state index contributed by atoms with van der Waals surface area (Å²) >= 11 is 0. The van der Waals surface area contributed by atoms with Crippen LogP contribution in [-0.4, -0.2) is 26.8 Å². The number of nitrogens with one attached hydrogen (secondary N) is 2. The summed E-state index contributed by atoms with van der Waals surface area (Å²) in [5, 5.41) is 9.83. The van der Waals surface area contributed by atoms with Crippen LogP contribution in [0.25, 0.3) is 0 Å². The highest BCUT2D eigenvalue weighted by atomic mass is 32.2. The van der Waals surface area contributed by atoms with E-state index < -0.39 is 39.9 Å². The normalized spacial score (nSPS) is 11.1. The van der Waals surface area contributed by atoms with Gasteiger partial charge in [-0.1, -0.05) is 12.1 Å². The zero-order valence-electron chi connectivity index (χ0n) is 14.0. The molecule has 10 heteroatoms. The van der Waals surface area contributed by atoms with Gasteiger partial charge in [-0.05, 0) is 36.2 Å². The van der Waals surface area contributed by atoms with Crippen molar-refractivity contribution in [2.45, 2.75) is 17.7 Å². The van der Waals surface area contributed by atoms with Crippen LogP contribution in [-0.2, 0) is 26.0 Å². The fourth-order valence-electron chi connectivity index (χ4n) is 2.18. The Morgan fingerprint density at radius 3 is 2.22 bits per heavy atom. The SMILES string of the molecule is NS(=O)(=O)c1ccc(CCNC(=O)CC(=O)Nc2ccc(F)c(F)c2)cc1. The molecule has 144 valence electrons. The van der Waals surface area contributed by atoms with Crippen LogP contribution in [0.3, 0.4) is 0 Å². The van der Waals surface area contributed by atoms with Gasteiger partial charge < -0.3 is 10.6 Å². The molecule has 2 aromatic rings. The average Bonchev–Trinajstić information content (AvgIpc) is 2.57. The topological polar surface area (TPSA) is 118 Å². The average molecular weight is 397 g/mol. The molecule has 2 aromatic carbocycles. The Morgan fingerprint density at radius 1 is 0.963 bits per heavy atom. The molecule has 4 N–H and O–H groups in total. The molecule has 0 aromatic heterocycles. The largest absolute Gasteiger partial charge is 0.355 e. The quantitative estimate of drug-likeness (QED) is 0.610. The highest BCUT2D eigenvalue weighted by Gasteiger charge is 2.11. The van der Waals surface area contributed by atoms with Gasteiger partial charge in [0.2, 0.25) is 21.8 Å².